The van der Waals surface area contributed by atoms with Crippen LogP contribution in [0.4, 0.5) is 0 Å². The maximum Gasteiger partial charge on any atom is 0.253 e. The maximum absolute atomic E-state index is 13.5. The van der Waals surface area contributed by atoms with E-state index in [1.807, 2.05) is 13.0 Å². The van der Waals surface area contributed by atoms with Crippen molar-refractivity contribution in [2.45, 2.75) is 83.8 Å². The van der Waals surface area contributed by atoms with Crippen LogP contribution in [0.25, 0.3) is 0 Å². The summed E-state index contributed by atoms with van der Waals surface area (Å²) in [5.74, 6) is 7.38. The minimum absolute atomic E-state index is 0.0126. The molecule has 1 aromatic rings. The zero-order valence-corrected chi connectivity index (χ0v) is 18.1. The number of nitrogens with one attached hydrogen (secondary N) is 1. The molecule has 5 nitrogen and oxygen atoms in total. The van der Waals surface area contributed by atoms with Gasteiger partial charge in [-0.1, -0.05) is 44.2 Å². The maximum atomic E-state index is 13.5. The Morgan fingerprint density at radius 1 is 1.21 bits per heavy atom. The molecule has 2 aliphatic heterocycles. The Labute approximate surface area is 169 Å². The summed E-state index contributed by atoms with van der Waals surface area (Å²) in [6.45, 7) is 11.4. The standard InChI is InChI=1S/C23H36N4O/c1-6-23(7-2)14-11-15-26(23)21(28)17(3)20-25-19(16-22(4,5)27(20)24)18-12-9-8-10-13-18/h8-10,12-13,19,25H,6-7,11,14-16,24H2,1-5H3/b20-17+/t19-/m1/s1. The fraction of sp³-hybridized carbons (Fsp3) is 0.609. The van der Waals surface area contributed by atoms with Gasteiger partial charge in [0.05, 0.1) is 17.2 Å². The van der Waals surface area contributed by atoms with E-state index in [-0.39, 0.29) is 23.0 Å². The van der Waals surface area contributed by atoms with Gasteiger partial charge in [-0.25, -0.2) is 5.84 Å². The van der Waals surface area contributed by atoms with E-state index in [9.17, 15) is 4.79 Å². The Morgan fingerprint density at radius 3 is 2.46 bits per heavy atom. The molecule has 2 fully saturated rings. The van der Waals surface area contributed by atoms with Gasteiger partial charge in [0, 0.05) is 12.1 Å². The topological polar surface area (TPSA) is 61.6 Å². The van der Waals surface area contributed by atoms with Crippen molar-refractivity contribution in [1.29, 1.82) is 0 Å². The summed E-state index contributed by atoms with van der Waals surface area (Å²) < 4.78 is 0. The van der Waals surface area contributed by atoms with Crippen LogP contribution in [-0.4, -0.2) is 33.4 Å². The van der Waals surface area contributed by atoms with Crippen molar-refractivity contribution in [3.05, 3.63) is 47.3 Å². The molecule has 1 aromatic carbocycles. The second-order valence-electron chi connectivity index (χ2n) is 8.96. The first-order valence-corrected chi connectivity index (χ1v) is 10.6. The fourth-order valence-corrected chi connectivity index (χ4v) is 4.91. The van der Waals surface area contributed by atoms with Gasteiger partial charge < -0.3 is 10.2 Å². The number of amides is 1. The van der Waals surface area contributed by atoms with Crippen LogP contribution in [0, 0.1) is 0 Å². The van der Waals surface area contributed by atoms with E-state index in [1.54, 1.807) is 5.01 Å². The normalized spacial score (nSPS) is 25.4. The van der Waals surface area contributed by atoms with Crippen LogP contribution in [0.2, 0.25) is 0 Å². The highest BCUT2D eigenvalue weighted by atomic mass is 16.2. The number of carbonyl (C=O) groups excluding carboxylic acids is 1. The summed E-state index contributed by atoms with van der Waals surface area (Å²) in [6, 6.07) is 10.5. The van der Waals surface area contributed by atoms with Gasteiger partial charge in [0.25, 0.3) is 5.91 Å². The fourth-order valence-electron chi connectivity index (χ4n) is 4.91. The molecule has 5 heteroatoms. The molecule has 0 unspecified atom stereocenters. The van der Waals surface area contributed by atoms with Crippen molar-refractivity contribution < 1.29 is 4.79 Å². The second-order valence-corrected chi connectivity index (χ2v) is 8.96. The number of hydrogen-bond acceptors (Lipinski definition) is 4. The van der Waals surface area contributed by atoms with Gasteiger partial charge in [-0.15, -0.1) is 0 Å². The molecule has 0 radical (unpaired) electrons. The first kappa shape index (κ1) is 20.7. The van der Waals surface area contributed by atoms with Crippen LogP contribution in [-0.2, 0) is 4.79 Å². The van der Waals surface area contributed by atoms with Gasteiger partial charge in [-0.3, -0.25) is 9.80 Å². The number of carbonyl (C=O) groups is 1. The Balaban J connectivity index is 1.96. The van der Waals surface area contributed by atoms with E-state index in [0.717, 1.165) is 44.5 Å². The van der Waals surface area contributed by atoms with Crippen LogP contribution in [0.5, 0.6) is 0 Å². The lowest BCUT2D eigenvalue weighted by molar-refractivity contribution is -0.131. The molecule has 0 spiro atoms. The summed E-state index contributed by atoms with van der Waals surface area (Å²) in [4.78, 5) is 15.6. The summed E-state index contributed by atoms with van der Waals surface area (Å²) in [6.07, 6.45) is 5.03. The van der Waals surface area contributed by atoms with Crippen molar-refractivity contribution in [1.82, 2.24) is 15.2 Å². The number of likely N-dealkylation sites (tertiary alicyclic amines) is 1. The zero-order valence-electron chi connectivity index (χ0n) is 18.1. The molecule has 1 amide bonds. The van der Waals surface area contributed by atoms with Crippen molar-refractivity contribution in [2.75, 3.05) is 6.54 Å². The van der Waals surface area contributed by atoms with Crippen LogP contribution in [0.3, 0.4) is 0 Å². The van der Waals surface area contributed by atoms with Crippen molar-refractivity contribution >= 4 is 5.91 Å². The Hall–Kier alpha value is -2.01. The van der Waals surface area contributed by atoms with E-state index in [1.165, 1.54) is 5.56 Å². The molecule has 0 aromatic heterocycles. The number of hydrogen-bond donors (Lipinski definition) is 2. The molecular formula is C23H36N4O. The molecule has 2 aliphatic rings. The quantitative estimate of drug-likeness (QED) is 0.606. The number of hydrazine groups is 1. The Kier molecular flexibility index (Phi) is 5.76. The van der Waals surface area contributed by atoms with Crippen LogP contribution in [0.15, 0.2) is 41.7 Å². The van der Waals surface area contributed by atoms with Crippen molar-refractivity contribution in [3.8, 4) is 0 Å². The number of nitrogens with zero attached hydrogens (tertiary/aromatic N) is 2. The van der Waals surface area contributed by atoms with Gasteiger partial charge in [0.2, 0.25) is 0 Å². The Bertz CT molecular complexity index is 736. The average molecular weight is 385 g/mol. The highest BCUT2D eigenvalue weighted by Gasteiger charge is 2.43. The number of benzene rings is 1. The lowest BCUT2D eigenvalue weighted by Crippen LogP contribution is -2.58. The van der Waals surface area contributed by atoms with Gasteiger partial charge in [-0.05, 0) is 58.4 Å². The third-order valence-electron chi connectivity index (χ3n) is 6.94. The molecule has 1 atom stereocenters. The first-order chi connectivity index (χ1) is 13.3. The molecule has 28 heavy (non-hydrogen) atoms. The molecule has 3 N–H and O–H groups in total. The van der Waals surface area contributed by atoms with Gasteiger partial charge in [0.15, 0.2) is 0 Å². The van der Waals surface area contributed by atoms with E-state index in [0.29, 0.717) is 5.57 Å². The molecule has 2 saturated heterocycles. The van der Waals surface area contributed by atoms with E-state index < -0.39 is 0 Å². The number of nitrogens with two attached hydrogens (primary N) is 1. The predicted molar refractivity (Wildman–Crippen MR) is 114 cm³/mol. The van der Waals surface area contributed by atoms with Crippen LogP contribution < -0.4 is 11.2 Å². The summed E-state index contributed by atoms with van der Waals surface area (Å²) in [7, 11) is 0. The van der Waals surface area contributed by atoms with E-state index in [4.69, 9.17) is 5.84 Å². The lowest BCUT2D eigenvalue weighted by atomic mass is 9.87. The molecular weight excluding hydrogens is 348 g/mol. The average Bonchev–Trinajstić information content (AvgIpc) is 3.14. The van der Waals surface area contributed by atoms with E-state index >= 15 is 0 Å². The molecule has 154 valence electrons. The van der Waals surface area contributed by atoms with Crippen molar-refractivity contribution in [2.24, 2.45) is 5.84 Å². The first-order valence-electron chi connectivity index (χ1n) is 10.6. The minimum atomic E-state index is -0.250. The highest BCUT2D eigenvalue weighted by Crippen LogP contribution is 2.38. The van der Waals surface area contributed by atoms with E-state index in [2.05, 4.69) is 62.2 Å². The summed E-state index contributed by atoms with van der Waals surface area (Å²) >= 11 is 0. The second kappa shape index (κ2) is 7.78. The molecule has 3 rings (SSSR count). The van der Waals surface area contributed by atoms with Crippen molar-refractivity contribution in [3.63, 3.8) is 0 Å². The predicted octanol–water partition coefficient (Wildman–Crippen LogP) is 4.09. The molecule has 2 heterocycles. The molecule has 0 saturated carbocycles. The largest absolute Gasteiger partial charge is 0.363 e. The highest BCUT2D eigenvalue weighted by molar-refractivity contribution is 5.94. The van der Waals surface area contributed by atoms with Crippen LogP contribution >= 0.6 is 0 Å². The number of rotatable bonds is 4. The summed E-state index contributed by atoms with van der Waals surface area (Å²) in [5.41, 5.74) is 1.67. The third-order valence-corrected chi connectivity index (χ3v) is 6.94. The Morgan fingerprint density at radius 2 is 1.86 bits per heavy atom. The van der Waals surface area contributed by atoms with Gasteiger partial charge in [0.1, 0.15) is 5.82 Å². The SMILES string of the molecule is CCC1(CC)CCCN1C(=O)/C(C)=C1\N[C@@H](c2ccccc2)CC(C)(C)N1N. The third kappa shape index (κ3) is 3.52. The molecule has 0 bridgehead atoms. The minimum Gasteiger partial charge on any atom is -0.363 e. The smallest absolute Gasteiger partial charge is 0.253 e. The summed E-state index contributed by atoms with van der Waals surface area (Å²) in [5, 5.41) is 5.33. The molecule has 0 aliphatic carbocycles. The monoisotopic (exact) mass is 384 g/mol. The van der Waals surface area contributed by atoms with Gasteiger partial charge in [-0.2, -0.15) is 0 Å². The van der Waals surface area contributed by atoms with Crippen LogP contribution in [0.1, 0.15) is 78.3 Å². The lowest BCUT2D eigenvalue weighted by Gasteiger charge is -2.47. The zero-order chi connectivity index (χ0) is 20.5. The van der Waals surface area contributed by atoms with Gasteiger partial charge >= 0.3 is 0 Å².